The van der Waals surface area contributed by atoms with Gasteiger partial charge in [-0.2, -0.15) is 5.10 Å². The second kappa shape index (κ2) is 4.56. The summed E-state index contributed by atoms with van der Waals surface area (Å²) in [5, 5.41) is 7.38. The number of rotatable bonds is 3. The van der Waals surface area contributed by atoms with Gasteiger partial charge in [0.15, 0.2) is 4.77 Å². The van der Waals surface area contributed by atoms with Gasteiger partial charge in [-0.25, -0.2) is 0 Å². The molecule has 0 aliphatic heterocycles. The first kappa shape index (κ1) is 14.4. The van der Waals surface area contributed by atoms with E-state index in [1.54, 1.807) is 0 Å². The zero-order valence-corrected chi connectivity index (χ0v) is 12.9. The maximum Gasteiger partial charge on any atom is 0.195 e. The molecule has 0 spiro atoms. The van der Waals surface area contributed by atoms with Crippen LogP contribution in [-0.4, -0.2) is 14.8 Å². The summed E-state index contributed by atoms with van der Waals surface area (Å²) in [6, 6.07) is 0. The van der Waals surface area contributed by atoms with Gasteiger partial charge in [-0.1, -0.05) is 48.5 Å². The Morgan fingerprint density at radius 3 is 2.18 bits per heavy atom. The van der Waals surface area contributed by atoms with Gasteiger partial charge in [-0.3, -0.25) is 5.10 Å². The molecular formula is C13H25N3S. The van der Waals surface area contributed by atoms with Gasteiger partial charge in [-0.05, 0) is 23.6 Å². The summed E-state index contributed by atoms with van der Waals surface area (Å²) in [7, 11) is 0. The molecule has 3 nitrogen and oxygen atoms in total. The van der Waals surface area contributed by atoms with E-state index in [-0.39, 0.29) is 10.8 Å². The second-order valence-corrected chi connectivity index (χ2v) is 7.26. The molecule has 1 N–H and O–H groups in total. The summed E-state index contributed by atoms with van der Waals surface area (Å²) < 4.78 is 2.87. The highest BCUT2D eigenvalue weighted by molar-refractivity contribution is 7.71. The minimum absolute atomic E-state index is 0.0266. The predicted molar refractivity (Wildman–Crippen MR) is 74.7 cm³/mol. The third-order valence-corrected chi connectivity index (χ3v) is 3.72. The van der Waals surface area contributed by atoms with Crippen LogP contribution in [0.25, 0.3) is 0 Å². The Kier molecular flexibility index (Phi) is 3.87. The number of aromatic amines is 1. The van der Waals surface area contributed by atoms with Crippen LogP contribution in [0.4, 0.5) is 0 Å². The van der Waals surface area contributed by atoms with Crippen LogP contribution in [0.3, 0.4) is 0 Å². The molecule has 1 heterocycles. The summed E-state index contributed by atoms with van der Waals surface area (Å²) in [6.07, 6.45) is 0. The molecule has 0 atom stereocenters. The lowest BCUT2D eigenvalue weighted by Crippen LogP contribution is -2.30. The average molecular weight is 255 g/mol. The van der Waals surface area contributed by atoms with Crippen LogP contribution in [0.5, 0.6) is 0 Å². The molecule has 0 saturated carbocycles. The minimum atomic E-state index is 0.0266. The SMILES string of the molecule is CC(C)C(C)(C)c1n[nH]c(=S)n1CC(C)(C)C. The van der Waals surface area contributed by atoms with E-state index in [4.69, 9.17) is 12.2 Å². The van der Waals surface area contributed by atoms with Gasteiger partial charge in [0, 0.05) is 12.0 Å². The van der Waals surface area contributed by atoms with Crippen LogP contribution >= 0.6 is 12.2 Å². The quantitative estimate of drug-likeness (QED) is 0.831. The van der Waals surface area contributed by atoms with Crippen LogP contribution in [-0.2, 0) is 12.0 Å². The Hall–Kier alpha value is -0.640. The average Bonchev–Trinajstić information content (AvgIpc) is 2.45. The molecule has 1 rings (SSSR count). The molecule has 0 aliphatic rings. The Balaban J connectivity index is 3.24. The second-order valence-electron chi connectivity index (χ2n) is 6.88. The molecule has 0 aliphatic carbocycles. The molecule has 0 unspecified atom stereocenters. The lowest BCUT2D eigenvalue weighted by Gasteiger charge is -2.30. The van der Waals surface area contributed by atoms with Gasteiger partial charge in [-0.15, -0.1) is 0 Å². The van der Waals surface area contributed by atoms with Crippen LogP contribution in [0, 0.1) is 16.1 Å². The molecule has 1 aromatic heterocycles. The van der Waals surface area contributed by atoms with E-state index in [0.29, 0.717) is 5.92 Å². The Morgan fingerprint density at radius 1 is 1.24 bits per heavy atom. The summed E-state index contributed by atoms with van der Waals surface area (Å²) in [4.78, 5) is 0. The van der Waals surface area contributed by atoms with E-state index in [9.17, 15) is 0 Å². The van der Waals surface area contributed by atoms with Crippen molar-refractivity contribution in [3.63, 3.8) is 0 Å². The fraction of sp³-hybridized carbons (Fsp3) is 0.846. The molecular weight excluding hydrogens is 230 g/mol. The van der Waals surface area contributed by atoms with Crippen molar-refractivity contribution in [3.8, 4) is 0 Å². The first-order chi connectivity index (χ1) is 7.55. The van der Waals surface area contributed by atoms with Gasteiger partial charge in [0.2, 0.25) is 0 Å². The van der Waals surface area contributed by atoms with Crippen LogP contribution in [0.15, 0.2) is 0 Å². The molecule has 98 valence electrons. The van der Waals surface area contributed by atoms with Crippen molar-refractivity contribution in [1.82, 2.24) is 14.8 Å². The standard InChI is InChI=1S/C13H25N3S/c1-9(2)13(6,7)10-14-15-11(17)16(10)8-12(3,4)5/h9H,8H2,1-7H3,(H,15,17). The van der Waals surface area contributed by atoms with Crippen molar-refractivity contribution in [2.45, 2.75) is 60.4 Å². The largest absolute Gasteiger partial charge is 0.303 e. The normalized spacial score (nSPS) is 13.4. The zero-order valence-electron chi connectivity index (χ0n) is 12.1. The lowest BCUT2D eigenvalue weighted by molar-refractivity contribution is 0.293. The summed E-state index contributed by atoms with van der Waals surface area (Å²) >= 11 is 5.34. The Bertz CT molecular complexity index is 432. The molecule has 1 aromatic rings. The number of nitrogens with one attached hydrogen (secondary N) is 1. The smallest absolute Gasteiger partial charge is 0.195 e. The molecule has 0 bridgehead atoms. The van der Waals surface area contributed by atoms with Crippen molar-refractivity contribution in [2.24, 2.45) is 11.3 Å². The number of H-pyrrole nitrogens is 1. The molecule has 0 radical (unpaired) electrons. The first-order valence-electron chi connectivity index (χ1n) is 6.21. The van der Waals surface area contributed by atoms with Crippen LogP contribution in [0.1, 0.15) is 54.3 Å². The molecule has 17 heavy (non-hydrogen) atoms. The van der Waals surface area contributed by atoms with E-state index in [0.717, 1.165) is 17.1 Å². The summed E-state index contributed by atoms with van der Waals surface area (Å²) in [6.45, 7) is 16.4. The third-order valence-electron chi connectivity index (χ3n) is 3.41. The van der Waals surface area contributed by atoms with E-state index in [1.807, 2.05) is 0 Å². The number of nitrogens with zero attached hydrogens (tertiary/aromatic N) is 2. The van der Waals surface area contributed by atoms with Crippen molar-refractivity contribution in [1.29, 1.82) is 0 Å². The van der Waals surface area contributed by atoms with Crippen molar-refractivity contribution >= 4 is 12.2 Å². The van der Waals surface area contributed by atoms with Gasteiger partial charge >= 0.3 is 0 Å². The molecule has 4 heteroatoms. The van der Waals surface area contributed by atoms with E-state index in [2.05, 4.69) is 63.2 Å². The summed E-state index contributed by atoms with van der Waals surface area (Å²) in [5.74, 6) is 1.58. The van der Waals surface area contributed by atoms with E-state index in [1.165, 1.54) is 0 Å². The van der Waals surface area contributed by atoms with Crippen molar-refractivity contribution in [2.75, 3.05) is 0 Å². The van der Waals surface area contributed by atoms with Crippen molar-refractivity contribution < 1.29 is 0 Å². The molecule has 0 amide bonds. The van der Waals surface area contributed by atoms with E-state index >= 15 is 0 Å². The highest BCUT2D eigenvalue weighted by Crippen LogP contribution is 2.31. The van der Waals surface area contributed by atoms with Crippen LogP contribution < -0.4 is 0 Å². The zero-order chi connectivity index (χ0) is 13.4. The van der Waals surface area contributed by atoms with Gasteiger partial charge < -0.3 is 4.57 Å². The van der Waals surface area contributed by atoms with Gasteiger partial charge in [0.05, 0.1) is 0 Å². The number of hydrogen-bond acceptors (Lipinski definition) is 2. The highest BCUT2D eigenvalue weighted by Gasteiger charge is 2.31. The lowest BCUT2D eigenvalue weighted by atomic mass is 9.80. The number of hydrogen-bond donors (Lipinski definition) is 1. The molecule has 0 aromatic carbocycles. The summed E-state index contributed by atoms with van der Waals surface area (Å²) in [5.41, 5.74) is 0.225. The Labute approximate surface area is 110 Å². The minimum Gasteiger partial charge on any atom is -0.303 e. The monoisotopic (exact) mass is 255 g/mol. The van der Waals surface area contributed by atoms with E-state index < -0.39 is 0 Å². The van der Waals surface area contributed by atoms with Gasteiger partial charge in [0.25, 0.3) is 0 Å². The third kappa shape index (κ3) is 3.18. The number of aromatic nitrogens is 3. The Morgan fingerprint density at radius 2 is 1.76 bits per heavy atom. The maximum atomic E-state index is 5.34. The predicted octanol–water partition coefficient (Wildman–Crippen LogP) is 3.92. The van der Waals surface area contributed by atoms with Crippen LogP contribution in [0.2, 0.25) is 0 Å². The van der Waals surface area contributed by atoms with Crippen molar-refractivity contribution in [3.05, 3.63) is 10.6 Å². The molecule has 0 saturated heterocycles. The fourth-order valence-corrected chi connectivity index (χ4v) is 1.89. The topological polar surface area (TPSA) is 33.6 Å². The fourth-order valence-electron chi connectivity index (χ4n) is 1.69. The maximum absolute atomic E-state index is 5.34. The van der Waals surface area contributed by atoms with Gasteiger partial charge in [0.1, 0.15) is 5.82 Å². The molecule has 0 fully saturated rings. The first-order valence-corrected chi connectivity index (χ1v) is 6.62. The highest BCUT2D eigenvalue weighted by atomic mass is 32.1.